The number of aliphatic imine (C=N–C) groups is 1. The van der Waals surface area contributed by atoms with Crippen LogP contribution in [0.1, 0.15) is 24.5 Å². The highest BCUT2D eigenvalue weighted by molar-refractivity contribution is 9.10. The van der Waals surface area contributed by atoms with E-state index in [2.05, 4.69) is 21.4 Å². The molecule has 7 nitrogen and oxygen atoms in total. The Hall–Kier alpha value is -2.42. The SMILES string of the molecule is CONC(=O)[C@@]1(Cc2ccc(Br)cc2)N=C(c2ccc(OCCCO)cc2)O[C@H]1C. The van der Waals surface area contributed by atoms with Crippen molar-refractivity contribution >= 4 is 27.7 Å². The summed E-state index contributed by atoms with van der Waals surface area (Å²) in [6.07, 6.45) is 0.442. The first-order valence-corrected chi connectivity index (χ1v) is 10.5. The predicted molar refractivity (Wildman–Crippen MR) is 116 cm³/mol. The Bertz CT molecular complexity index is 885. The van der Waals surface area contributed by atoms with Crippen molar-refractivity contribution in [3.63, 3.8) is 0 Å². The van der Waals surface area contributed by atoms with Crippen LogP contribution in [0.5, 0.6) is 5.75 Å². The van der Waals surface area contributed by atoms with Crippen molar-refractivity contribution in [2.24, 2.45) is 4.99 Å². The summed E-state index contributed by atoms with van der Waals surface area (Å²) in [6, 6.07) is 15.1. The number of hydrogen-bond acceptors (Lipinski definition) is 6. The van der Waals surface area contributed by atoms with Gasteiger partial charge in [0.2, 0.25) is 5.90 Å². The number of carbonyl (C=O) groups excluding carboxylic acids is 1. The first-order valence-electron chi connectivity index (χ1n) is 9.67. The lowest BCUT2D eigenvalue weighted by Crippen LogP contribution is -2.52. The molecule has 2 aromatic carbocycles. The zero-order chi connectivity index (χ0) is 21.6. The van der Waals surface area contributed by atoms with Gasteiger partial charge in [0.25, 0.3) is 5.91 Å². The summed E-state index contributed by atoms with van der Waals surface area (Å²) in [6.45, 7) is 2.36. The molecule has 0 bridgehead atoms. The molecule has 0 radical (unpaired) electrons. The van der Waals surface area contributed by atoms with Gasteiger partial charge in [0.15, 0.2) is 5.54 Å². The lowest BCUT2D eigenvalue weighted by atomic mass is 9.86. The number of nitrogens with zero attached hydrogens (tertiary/aromatic N) is 1. The van der Waals surface area contributed by atoms with E-state index in [1.807, 2.05) is 55.5 Å². The fraction of sp³-hybridized carbons (Fsp3) is 0.364. The topological polar surface area (TPSA) is 89.4 Å². The zero-order valence-corrected chi connectivity index (χ0v) is 18.5. The minimum absolute atomic E-state index is 0.0879. The van der Waals surface area contributed by atoms with Gasteiger partial charge in [0.05, 0.1) is 13.7 Å². The summed E-state index contributed by atoms with van der Waals surface area (Å²) in [5.74, 6) is 0.726. The first-order chi connectivity index (χ1) is 14.5. The van der Waals surface area contributed by atoms with Crippen molar-refractivity contribution in [3.05, 3.63) is 64.1 Å². The van der Waals surface area contributed by atoms with Crippen LogP contribution in [0.4, 0.5) is 0 Å². The molecule has 0 unspecified atom stereocenters. The maximum Gasteiger partial charge on any atom is 0.275 e. The van der Waals surface area contributed by atoms with Crippen LogP contribution in [-0.4, -0.2) is 48.9 Å². The molecule has 2 atom stereocenters. The minimum atomic E-state index is -1.16. The molecule has 8 heteroatoms. The molecule has 0 spiro atoms. The van der Waals surface area contributed by atoms with Crippen LogP contribution in [0.25, 0.3) is 0 Å². The Labute approximate surface area is 184 Å². The number of amides is 1. The van der Waals surface area contributed by atoms with Crippen molar-refractivity contribution in [3.8, 4) is 5.75 Å². The van der Waals surface area contributed by atoms with Crippen molar-refractivity contribution < 1.29 is 24.2 Å². The molecule has 1 heterocycles. The van der Waals surface area contributed by atoms with E-state index in [0.717, 1.165) is 15.6 Å². The normalized spacial score (nSPS) is 20.4. The molecule has 1 aliphatic rings. The van der Waals surface area contributed by atoms with Gasteiger partial charge in [-0.1, -0.05) is 28.1 Å². The van der Waals surface area contributed by atoms with E-state index < -0.39 is 11.6 Å². The molecule has 160 valence electrons. The number of aliphatic hydroxyl groups excluding tert-OH is 1. The number of benzene rings is 2. The second kappa shape index (κ2) is 10.1. The Kier molecular flexibility index (Phi) is 7.47. The van der Waals surface area contributed by atoms with Gasteiger partial charge in [-0.3, -0.25) is 9.63 Å². The molecule has 30 heavy (non-hydrogen) atoms. The van der Waals surface area contributed by atoms with E-state index in [0.29, 0.717) is 31.1 Å². The Morgan fingerprint density at radius 3 is 2.57 bits per heavy atom. The summed E-state index contributed by atoms with van der Waals surface area (Å²) in [5.41, 5.74) is 2.97. The average Bonchev–Trinajstić information content (AvgIpc) is 3.08. The number of ether oxygens (including phenoxy) is 2. The molecule has 3 rings (SSSR count). The van der Waals surface area contributed by atoms with Crippen molar-refractivity contribution in [2.45, 2.75) is 31.4 Å². The molecule has 2 aromatic rings. The maximum atomic E-state index is 13.0. The summed E-state index contributed by atoms with van der Waals surface area (Å²) in [7, 11) is 1.39. The molecule has 1 amide bonds. The molecule has 1 aliphatic heterocycles. The fourth-order valence-corrected chi connectivity index (χ4v) is 3.50. The standard InChI is InChI=1S/C22H25BrN2O5/c1-15-22(21(27)25-28-2,14-16-4-8-18(23)9-5-16)24-20(30-15)17-6-10-19(11-7-17)29-13-3-12-26/h4-11,15,26H,3,12-14H2,1-2H3,(H,25,27)/t15-,22-/m0/s1. The van der Waals surface area contributed by atoms with Crippen molar-refractivity contribution in [1.29, 1.82) is 0 Å². The highest BCUT2D eigenvalue weighted by atomic mass is 79.9. The van der Waals surface area contributed by atoms with Crippen LogP contribution in [0.3, 0.4) is 0 Å². The minimum Gasteiger partial charge on any atom is -0.494 e. The lowest BCUT2D eigenvalue weighted by molar-refractivity contribution is -0.139. The Balaban J connectivity index is 1.87. The summed E-state index contributed by atoms with van der Waals surface area (Å²) >= 11 is 3.43. The van der Waals surface area contributed by atoms with Crippen LogP contribution in [-0.2, 0) is 20.8 Å². The van der Waals surface area contributed by atoms with Gasteiger partial charge in [-0.15, -0.1) is 0 Å². The van der Waals surface area contributed by atoms with Crippen LogP contribution >= 0.6 is 15.9 Å². The number of hydrogen-bond donors (Lipinski definition) is 2. The summed E-state index contributed by atoms with van der Waals surface area (Å²) in [5, 5.41) is 8.85. The third-order valence-corrected chi connectivity index (χ3v) is 5.44. The number of carbonyl (C=O) groups is 1. The van der Waals surface area contributed by atoms with E-state index in [1.54, 1.807) is 0 Å². The summed E-state index contributed by atoms with van der Waals surface area (Å²) in [4.78, 5) is 22.6. The number of hydroxylamine groups is 1. The van der Waals surface area contributed by atoms with Gasteiger partial charge in [0, 0.05) is 29.5 Å². The average molecular weight is 477 g/mol. The Morgan fingerprint density at radius 2 is 1.93 bits per heavy atom. The van der Waals surface area contributed by atoms with Gasteiger partial charge in [0.1, 0.15) is 11.9 Å². The molecular formula is C22H25BrN2O5. The quantitative estimate of drug-likeness (QED) is 0.428. The number of aliphatic hydroxyl groups is 1. The van der Waals surface area contributed by atoms with Crippen molar-refractivity contribution in [2.75, 3.05) is 20.3 Å². The van der Waals surface area contributed by atoms with Crippen LogP contribution in [0.15, 0.2) is 58.0 Å². The smallest absolute Gasteiger partial charge is 0.275 e. The zero-order valence-electron chi connectivity index (χ0n) is 16.9. The van der Waals surface area contributed by atoms with Gasteiger partial charge in [-0.25, -0.2) is 10.5 Å². The Morgan fingerprint density at radius 1 is 1.23 bits per heavy atom. The van der Waals surface area contributed by atoms with Gasteiger partial charge in [-0.2, -0.15) is 0 Å². The second-order valence-corrected chi connectivity index (χ2v) is 7.91. The monoisotopic (exact) mass is 476 g/mol. The van der Waals surface area contributed by atoms with Gasteiger partial charge >= 0.3 is 0 Å². The third-order valence-electron chi connectivity index (χ3n) is 4.91. The van der Waals surface area contributed by atoms with E-state index in [-0.39, 0.29) is 12.5 Å². The molecule has 0 fully saturated rings. The maximum absolute atomic E-state index is 13.0. The van der Waals surface area contributed by atoms with Crippen LogP contribution in [0.2, 0.25) is 0 Å². The number of nitrogens with one attached hydrogen (secondary N) is 1. The van der Waals surface area contributed by atoms with Crippen molar-refractivity contribution in [1.82, 2.24) is 5.48 Å². The third kappa shape index (κ3) is 5.00. The molecule has 0 saturated heterocycles. The molecule has 2 N–H and O–H groups in total. The van der Waals surface area contributed by atoms with E-state index >= 15 is 0 Å². The fourth-order valence-electron chi connectivity index (χ4n) is 3.24. The largest absolute Gasteiger partial charge is 0.494 e. The predicted octanol–water partition coefficient (Wildman–Crippen LogP) is 3.03. The first kappa shape index (κ1) is 22.3. The lowest BCUT2D eigenvalue weighted by Gasteiger charge is -2.27. The van der Waals surface area contributed by atoms with E-state index in [9.17, 15) is 4.79 Å². The van der Waals surface area contributed by atoms with Crippen LogP contribution < -0.4 is 10.2 Å². The summed E-state index contributed by atoms with van der Waals surface area (Å²) < 4.78 is 12.5. The van der Waals surface area contributed by atoms with Gasteiger partial charge < -0.3 is 14.6 Å². The number of rotatable bonds is 9. The second-order valence-electron chi connectivity index (χ2n) is 6.99. The molecule has 0 aliphatic carbocycles. The molecule has 0 saturated carbocycles. The van der Waals surface area contributed by atoms with E-state index in [1.165, 1.54) is 7.11 Å². The highest BCUT2D eigenvalue weighted by Gasteiger charge is 2.50. The molecule has 0 aromatic heterocycles. The van der Waals surface area contributed by atoms with Gasteiger partial charge in [-0.05, 0) is 48.9 Å². The molecular weight excluding hydrogens is 452 g/mol. The van der Waals surface area contributed by atoms with E-state index in [4.69, 9.17) is 24.4 Å². The number of halogens is 1. The van der Waals surface area contributed by atoms with Crippen LogP contribution in [0, 0.1) is 0 Å². The highest BCUT2D eigenvalue weighted by Crippen LogP contribution is 2.33.